The Bertz CT molecular complexity index is 288. The maximum absolute atomic E-state index is 11.8. The van der Waals surface area contributed by atoms with Crippen LogP contribution in [0, 0.1) is 5.92 Å². The number of nitrogens with zero attached hydrogens (tertiary/aromatic N) is 1. The Kier molecular flexibility index (Phi) is 4.60. The molecule has 0 bridgehead atoms. The van der Waals surface area contributed by atoms with Crippen molar-refractivity contribution in [3.05, 3.63) is 12.2 Å². The molecule has 0 spiro atoms. The third-order valence-corrected chi connectivity index (χ3v) is 3.77. The zero-order valence-corrected chi connectivity index (χ0v) is 10.7. The van der Waals surface area contributed by atoms with Gasteiger partial charge in [0.1, 0.15) is 0 Å². The average Bonchev–Trinajstić information content (AvgIpc) is 2.40. The highest BCUT2D eigenvalue weighted by molar-refractivity contribution is 5.72. The molecule has 3 heteroatoms. The van der Waals surface area contributed by atoms with Gasteiger partial charge in [-0.25, -0.2) is 0 Å². The van der Waals surface area contributed by atoms with E-state index in [9.17, 15) is 4.79 Å². The molecule has 0 aromatic heterocycles. The first-order chi connectivity index (χ1) is 8.31. The number of ether oxygens (including phenoxy) is 1. The number of carbonyl (C=O) groups excluding carboxylic acids is 1. The van der Waals surface area contributed by atoms with Crippen molar-refractivity contribution in [2.24, 2.45) is 5.92 Å². The lowest BCUT2D eigenvalue weighted by atomic mass is 9.94. The quantitative estimate of drug-likeness (QED) is 0.557. The van der Waals surface area contributed by atoms with E-state index >= 15 is 0 Å². The van der Waals surface area contributed by atoms with Crippen LogP contribution in [-0.2, 0) is 9.53 Å². The van der Waals surface area contributed by atoms with Crippen molar-refractivity contribution in [3.8, 4) is 0 Å². The lowest BCUT2D eigenvalue weighted by Crippen LogP contribution is -2.44. The predicted octanol–water partition coefficient (Wildman–Crippen LogP) is 2.37. The normalized spacial score (nSPS) is 30.2. The van der Waals surface area contributed by atoms with Crippen molar-refractivity contribution in [1.29, 1.82) is 0 Å². The van der Waals surface area contributed by atoms with Gasteiger partial charge in [-0.1, -0.05) is 12.2 Å². The summed E-state index contributed by atoms with van der Waals surface area (Å²) in [7, 11) is 0. The lowest BCUT2D eigenvalue weighted by Gasteiger charge is -2.37. The Hall–Kier alpha value is -0.830. The molecule has 0 saturated carbocycles. The lowest BCUT2D eigenvalue weighted by molar-refractivity contribution is -0.150. The maximum atomic E-state index is 11.8. The van der Waals surface area contributed by atoms with Crippen molar-refractivity contribution < 1.29 is 9.53 Å². The molecule has 0 radical (unpaired) electrons. The number of rotatable bonds is 3. The first-order valence-electron chi connectivity index (χ1n) is 6.88. The monoisotopic (exact) mass is 237 g/mol. The summed E-state index contributed by atoms with van der Waals surface area (Å²) in [4.78, 5) is 14.2. The van der Waals surface area contributed by atoms with Crippen molar-refractivity contribution in [3.63, 3.8) is 0 Å². The largest absolute Gasteiger partial charge is 0.466 e. The van der Waals surface area contributed by atoms with Gasteiger partial charge in [-0.05, 0) is 45.6 Å². The number of allylic oxidation sites excluding steroid dienone is 1. The fourth-order valence-corrected chi connectivity index (χ4v) is 2.86. The predicted molar refractivity (Wildman–Crippen MR) is 67.7 cm³/mol. The molecule has 0 amide bonds. The van der Waals surface area contributed by atoms with Crippen LogP contribution in [0.3, 0.4) is 0 Å². The summed E-state index contributed by atoms with van der Waals surface area (Å²) in [5, 5.41) is 0. The van der Waals surface area contributed by atoms with E-state index in [1.807, 2.05) is 6.92 Å². The van der Waals surface area contributed by atoms with Crippen LogP contribution in [0.15, 0.2) is 12.2 Å². The molecule has 1 fully saturated rings. The van der Waals surface area contributed by atoms with Gasteiger partial charge in [-0.2, -0.15) is 0 Å². The van der Waals surface area contributed by atoms with Crippen LogP contribution in [0.1, 0.15) is 39.0 Å². The smallest absolute Gasteiger partial charge is 0.310 e. The van der Waals surface area contributed by atoms with E-state index in [0.717, 1.165) is 25.9 Å². The number of likely N-dealkylation sites (tertiary alicyclic amines) is 1. The van der Waals surface area contributed by atoms with Crippen LogP contribution in [-0.4, -0.2) is 36.6 Å². The zero-order valence-electron chi connectivity index (χ0n) is 10.7. The summed E-state index contributed by atoms with van der Waals surface area (Å²) in [5.74, 6) is 0.0935. The van der Waals surface area contributed by atoms with E-state index in [4.69, 9.17) is 4.74 Å². The second kappa shape index (κ2) is 6.20. The Balaban J connectivity index is 1.89. The maximum Gasteiger partial charge on any atom is 0.310 e. The van der Waals surface area contributed by atoms with Gasteiger partial charge >= 0.3 is 5.97 Å². The number of carbonyl (C=O) groups is 1. The summed E-state index contributed by atoms with van der Waals surface area (Å²) in [6, 6.07) is 0.556. The molecule has 2 unspecified atom stereocenters. The second-order valence-corrected chi connectivity index (χ2v) is 5.01. The zero-order chi connectivity index (χ0) is 12.1. The standard InChI is InChI=1S/C14H23NO2/c1-2-17-14(16)12-7-6-10-15(11-12)13-8-4-3-5-9-13/h4,8,12-13H,2-3,5-7,9-11H2,1H3. The Morgan fingerprint density at radius 2 is 2.29 bits per heavy atom. The molecule has 96 valence electrons. The molecule has 2 aliphatic rings. The molecule has 17 heavy (non-hydrogen) atoms. The summed E-state index contributed by atoms with van der Waals surface area (Å²) >= 11 is 0. The Labute approximate surface area is 104 Å². The molecular weight excluding hydrogens is 214 g/mol. The van der Waals surface area contributed by atoms with Crippen LogP contribution < -0.4 is 0 Å². The Morgan fingerprint density at radius 3 is 3.00 bits per heavy atom. The Morgan fingerprint density at radius 1 is 1.41 bits per heavy atom. The van der Waals surface area contributed by atoms with Crippen LogP contribution in [0.2, 0.25) is 0 Å². The molecular formula is C14H23NO2. The molecule has 1 saturated heterocycles. The van der Waals surface area contributed by atoms with Crippen LogP contribution in [0.25, 0.3) is 0 Å². The third kappa shape index (κ3) is 3.32. The third-order valence-electron chi connectivity index (χ3n) is 3.77. The van der Waals surface area contributed by atoms with Gasteiger partial charge in [0.05, 0.1) is 12.5 Å². The minimum absolute atomic E-state index is 0.00279. The van der Waals surface area contributed by atoms with E-state index < -0.39 is 0 Å². The number of hydrogen-bond donors (Lipinski definition) is 0. The highest BCUT2D eigenvalue weighted by Gasteiger charge is 2.29. The van der Waals surface area contributed by atoms with Crippen LogP contribution in [0.5, 0.6) is 0 Å². The van der Waals surface area contributed by atoms with Gasteiger partial charge in [0, 0.05) is 12.6 Å². The molecule has 2 rings (SSSR count). The topological polar surface area (TPSA) is 29.5 Å². The average molecular weight is 237 g/mol. The van der Waals surface area contributed by atoms with Gasteiger partial charge in [0.2, 0.25) is 0 Å². The molecule has 1 heterocycles. The van der Waals surface area contributed by atoms with E-state index in [1.54, 1.807) is 0 Å². The number of esters is 1. The minimum Gasteiger partial charge on any atom is -0.466 e. The first-order valence-corrected chi connectivity index (χ1v) is 6.88. The molecule has 2 atom stereocenters. The summed E-state index contributed by atoms with van der Waals surface area (Å²) in [6.07, 6.45) is 10.4. The summed E-state index contributed by atoms with van der Waals surface area (Å²) in [6.45, 7) is 4.39. The second-order valence-electron chi connectivity index (χ2n) is 5.01. The number of piperidine rings is 1. The fraction of sp³-hybridized carbons (Fsp3) is 0.786. The summed E-state index contributed by atoms with van der Waals surface area (Å²) in [5.41, 5.74) is 0. The number of hydrogen-bond acceptors (Lipinski definition) is 3. The van der Waals surface area contributed by atoms with Crippen LogP contribution in [0.4, 0.5) is 0 Å². The minimum atomic E-state index is -0.00279. The van der Waals surface area contributed by atoms with Crippen LogP contribution >= 0.6 is 0 Å². The highest BCUT2D eigenvalue weighted by Crippen LogP contribution is 2.24. The van der Waals surface area contributed by atoms with Gasteiger partial charge in [0.15, 0.2) is 0 Å². The van der Waals surface area contributed by atoms with E-state index in [2.05, 4.69) is 17.1 Å². The molecule has 0 N–H and O–H groups in total. The SMILES string of the molecule is CCOC(=O)C1CCCN(C2C=CCCC2)C1. The van der Waals surface area contributed by atoms with E-state index in [1.165, 1.54) is 19.3 Å². The fourth-order valence-electron chi connectivity index (χ4n) is 2.86. The van der Waals surface area contributed by atoms with Gasteiger partial charge < -0.3 is 4.74 Å². The molecule has 0 aromatic carbocycles. The summed E-state index contributed by atoms with van der Waals surface area (Å²) < 4.78 is 5.13. The van der Waals surface area contributed by atoms with Crippen molar-refractivity contribution in [1.82, 2.24) is 4.90 Å². The van der Waals surface area contributed by atoms with Gasteiger partial charge in [-0.15, -0.1) is 0 Å². The van der Waals surface area contributed by atoms with Gasteiger partial charge in [-0.3, -0.25) is 9.69 Å². The molecule has 1 aliphatic carbocycles. The van der Waals surface area contributed by atoms with Crippen molar-refractivity contribution >= 4 is 5.97 Å². The first kappa shape index (κ1) is 12.6. The van der Waals surface area contributed by atoms with E-state index in [0.29, 0.717) is 12.6 Å². The molecule has 1 aliphatic heterocycles. The highest BCUT2D eigenvalue weighted by atomic mass is 16.5. The van der Waals surface area contributed by atoms with Gasteiger partial charge in [0.25, 0.3) is 0 Å². The molecule has 3 nitrogen and oxygen atoms in total. The van der Waals surface area contributed by atoms with Crippen molar-refractivity contribution in [2.75, 3.05) is 19.7 Å². The van der Waals surface area contributed by atoms with E-state index in [-0.39, 0.29) is 11.9 Å². The molecule has 0 aromatic rings. The van der Waals surface area contributed by atoms with Crippen molar-refractivity contribution in [2.45, 2.75) is 45.1 Å².